The van der Waals surface area contributed by atoms with Crippen LogP contribution in [0.15, 0.2) is 36.4 Å². The van der Waals surface area contributed by atoms with Crippen molar-refractivity contribution in [3.63, 3.8) is 0 Å². The topological polar surface area (TPSA) is 76.7 Å². The highest BCUT2D eigenvalue weighted by Gasteiger charge is 2.65. The molecule has 3 aliphatic heterocycles. The molecule has 228 valence electrons. The van der Waals surface area contributed by atoms with Crippen LogP contribution in [0.2, 0.25) is 10.0 Å². The molecule has 0 radical (unpaired) electrons. The number of nitrogens with zero attached hydrogens (tertiary/aromatic N) is 2. The standard InChI is InChI=1S/C32H42Cl2FN5O2/c1-5-10-39-12-14-40(15-13-39)11-9-36-29(41)28-27(20-7-6-8-21(33)16-20)32(26(38-28)19-31(2,3)4)22-17-24(35)23(34)18-25(22)37-30(32)42/h6-8,16-18,26-28,38H,5,9-15,19H2,1-4H3,(H,36,41)(H,37,42)/t26-,27+,28-,32+/m1/s1. The number of carbonyl (C=O) groups excluding carboxylic acids is 2. The molecule has 3 N–H and O–H groups in total. The van der Waals surface area contributed by atoms with Gasteiger partial charge in [-0.2, -0.15) is 0 Å². The van der Waals surface area contributed by atoms with Crippen molar-refractivity contribution in [2.75, 3.05) is 51.1 Å². The summed E-state index contributed by atoms with van der Waals surface area (Å²) in [7, 11) is 0. The summed E-state index contributed by atoms with van der Waals surface area (Å²) in [5.74, 6) is -1.69. The number of fused-ring (bicyclic) bond motifs is 2. The summed E-state index contributed by atoms with van der Waals surface area (Å²) in [5.41, 5.74) is 0.292. The lowest BCUT2D eigenvalue weighted by Gasteiger charge is -2.37. The maximum Gasteiger partial charge on any atom is 0.237 e. The number of carbonyl (C=O) groups is 2. The quantitative estimate of drug-likeness (QED) is 0.387. The van der Waals surface area contributed by atoms with Crippen LogP contribution in [0, 0.1) is 11.2 Å². The van der Waals surface area contributed by atoms with Crippen LogP contribution in [0.3, 0.4) is 0 Å². The van der Waals surface area contributed by atoms with Gasteiger partial charge in [-0.05, 0) is 60.2 Å². The second-order valence-electron chi connectivity index (χ2n) is 13.1. The second-order valence-corrected chi connectivity index (χ2v) is 13.9. The Hall–Kier alpha value is -2.23. The minimum atomic E-state index is -1.25. The molecule has 0 bridgehead atoms. The van der Waals surface area contributed by atoms with Crippen LogP contribution in [0.4, 0.5) is 10.1 Å². The van der Waals surface area contributed by atoms with Crippen molar-refractivity contribution in [1.29, 1.82) is 0 Å². The molecule has 7 nitrogen and oxygen atoms in total. The minimum absolute atomic E-state index is 0.0615. The first-order valence-electron chi connectivity index (χ1n) is 15.0. The Morgan fingerprint density at radius 3 is 2.43 bits per heavy atom. The van der Waals surface area contributed by atoms with Crippen molar-refractivity contribution in [1.82, 2.24) is 20.4 Å². The molecule has 0 unspecified atom stereocenters. The fourth-order valence-electron chi connectivity index (χ4n) is 7.13. The summed E-state index contributed by atoms with van der Waals surface area (Å²) >= 11 is 12.6. The molecule has 10 heteroatoms. The molecule has 4 atom stereocenters. The number of anilines is 1. The third-order valence-electron chi connectivity index (χ3n) is 8.92. The van der Waals surface area contributed by atoms with Crippen LogP contribution in [-0.2, 0) is 15.0 Å². The molecule has 5 rings (SSSR count). The molecule has 2 aromatic rings. The number of hydrogen-bond acceptors (Lipinski definition) is 5. The van der Waals surface area contributed by atoms with Gasteiger partial charge in [0.2, 0.25) is 11.8 Å². The zero-order chi connectivity index (χ0) is 30.2. The molecule has 3 heterocycles. The largest absolute Gasteiger partial charge is 0.353 e. The molecular formula is C32H42Cl2FN5O2. The van der Waals surface area contributed by atoms with E-state index in [1.807, 2.05) is 18.2 Å². The van der Waals surface area contributed by atoms with Gasteiger partial charge >= 0.3 is 0 Å². The maximum atomic E-state index is 15.1. The predicted molar refractivity (Wildman–Crippen MR) is 167 cm³/mol. The molecule has 2 aromatic carbocycles. The lowest BCUT2D eigenvalue weighted by Crippen LogP contribution is -2.50. The number of nitrogens with one attached hydrogen (secondary N) is 3. The van der Waals surface area contributed by atoms with Crippen LogP contribution >= 0.6 is 23.2 Å². The molecule has 0 saturated carbocycles. The second kappa shape index (κ2) is 12.4. The van der Waals surface area contributed by atoms with E-state index in [-0.39, 0.29) is 22.3 Å². The predicted octanol–water partition coefficient (Wildman–Crippen LogP) is 5.03. The number of hydrogen-bond donors (Lipinski definition) is 3. The van der Waals surface area contributed by atoms with E-state index in [2.05, 4.69) is 53.4 Å². The van der Waals surface area contributed by atoms with Gasteiger partial charge in [0.05, 0.1) is 11.1 Å². The molecule has 1 spiro atoms. The Morgan fingerprint density at radius 1 is 1.10 bits per heavy atom. The summed E-state index contributed by atoms with van der Waals surface area (Å²) < 4.78 is 15.1. The van der Waals surface area contributed by atoms with E-state index >= 15 is 4.39 Å². The van der Waals surface area contributed by atoms with Crippen molar-refractivity contribution in [2.24, 2.45) is 5.41 Å². The minimum Gasteiger partial charge on any atom is -0.353 e. The van der Waals surface area contributed by atoms with Crippen molar-refractivity contribution < 1.29 is 14.0 Å². The molecule has 2 amide bonds. The van der Waals surface area contributed by atoms with Crippen LogP contribution in [0.5, 0.6) is 0 Å². The normalized spacial score (nSPS) is 26.5. The first-order chi connectivity index (χ1) is 19.9. The molecule has 42 heavy (non-hydrogen) atoms. The molecule has 2 fully saturated rings. The Balaban J connectivity index is 1.48. The highest BCUT2D eigenvalue weighted by Crippen LogP contribution is 2.57. The first-order valence-corrected chi connectivity index (χ1v) is 15.7. The SMILES string of the molecule is CCCN1CCN(CCNC(=O)[C@@H]2N[C@H](CC(C)(C)C)[C@]3(C(=O)Nc4cc(Cl)c(F)cc43)[C@H]2c2cccc(Cl)c2)CC1. The third-order valence-corrected chi connectivity index (χ3v) is 9.45. The van der Waals surface area contributed by atoms with Crippen molar-refractivity contribution >= 4 is 40.7 Å². The van der Waals surface area contributed by atoms with Crippen LogP contribution in [0.1, 0.15) is 57.6 Å². The van der Waals surface area contributed by atoms with Gasteiger partial charge in [-0.25, -0.2) is 4.39 Å². The Kier molecular flexibility index (Phi) is 9.22. The van der Waals surface area contributed by atoms with E-state index in [9.17, 15) is 9.59 Å². The maximum absolute atomic E-state index is 15.1. The van der Waals surface area contributed by atoms with E-state index in [4.69, 9.17) is 23.2 Å². The number of piperazine rings is 1. The zero-order valence-electron chi connectivity index (χ0n) is 24.9. The van der Waals surface area contributed by atoms with Gasteiger partial charge in [-0.3, -0.25) is 14.5 Å². The zero-order valence-corrected chi connectivity index (χ0v) is 26.4. The summed E-state index contributed by atoms with van der Waals surface area (Å²) in [6, 6.07) is 8.93. The van der Waals surface area contributed by atoms with Crippen LogP contribution in [0.25, 0.3) is 0 Å². The van der Waals surface area contributed by atoms with Gasteiger partial charge in [0.25, 0.3) is 0 Å². The monoisotopic (exact) mass is 617 g/mol. The number of rotatable bonds is 8. The van der Waals surface area contributed by atoms with Crippen molar-refractivity contribution in [3.05, 3.63) is 63.4 Å². The summed E-state index contributed by atoms with van der Waals surface area (Å²) in [6.07, 6.45) is 1.73. The van der Waals surface area contributed by atoms with Gasteiger partial charge in [-0.1, -0.05) is 63.0 Å². The highest BCUT2D eigenvalue weighted by molar-refractivity contribution is 6.31. The van der Waals surface area contributed by atoms with E-state index in [1.54, 1.807) is 6.07 Å². The van der Waals surface area contributed by atoms with Crippen LogP contribution < -0.4 is 16.0 Å². The Labute approximate surface area is 258 Å². The average Bonchev–Trinajstić information content (AvgIpc) is 3.39. The molecule has 3 aliphatic rings. The van der Waals surface area contributed by atoms with Gasteiger partial charge < -0.3 is 20.9 Å². The van der Waals surface area contributed by atoms with Crippen LogP contribution in [-0.4, -0.2) is 79.5 Å². The molecular weight excluding hydrogens is 576 g/mol. The third kappa shape index (κ3) is 6.06. The first kappa shape index (κ1) is 31.2. The van der Waals surface area contributed by atoms with Crippen molar-refractivity contribution in [2.45, 2.75) is 64.0 Å². The summed E-state index contributed by atoms with van der Waals surface area (Å²) in [4.78, 5) is 33.1. The Morgan fingerprint density at radius 2 is 1.79 bits per heavy atom. The van der Waals surface area contributed by atoms with Crippen molar-refractivity contribution in [3.8, 4) is 0 Å². The number of halogens is 3. The van der Waals surface area contributed by atoms with E-state index in [1.165, 1.54) is 12.1 Å². The smallest absolute Gasteiger partial charge is 0.237 e. The summed E-state index contributed by atoms with van der Waals surface area (Å²) in [5, 5.41) is 10.1. The molecule has 0 aliphatic carbocycles. The van der Waals surface area contributed by atoms with Gasteiger partial charge in [0, 0.05) is 61.9 Å². The van der Waals surface area contributed by atoms with Gasteiger partial charge in [-0.15, -0.1) is 0 Å². The molecule has 2 saturated heterocycles. The lowest BCUT2D eigenvalue weighted by atomic mass is 9.62. The van der Waals surface area contributed by atoms with Gasteiger partial charge in [0.1, 0.15) is 11.2 Å². The van der Waals surface area contributed by atoms with E-state index < -0.39 is 29.2 Å². The fourth-order valence-corrected chi connectivity index (χ4v) is 7.50. The molecule has 0 aromatic heterocycles. The fraction of sp³-hybridized carbons (Fsp3) is 0.562. The summed E-state index contributed by atoms with van der Waals surface area (Å²) in [6.45, 7) is 14.9. The van der Waals surface area contributed by atoms with E-state index in [0.29, 0.717) is 29.2 Å². The lowest BCUT2D eigenvalue weighted by molar-refractivity contribution is -0.123. The number of benzene rings is 2. The highest BCUT2D eigenvalue weighted by atomic mass is 35.5. The Bertz CT molecular complexity index is 1330. The van der Waals surface area contributed by atoms with E-state index in [0.717, 1.165) is 51.3 Å². The average molecular weight is 619 g/mol. The van der Waals surface area contributed by atoms with Gasteiger partial charge in [0.15, 0.2) is 0 Å². The number of amides is 2.